The van der Waals surface area contributed by atoms with Crippen molar-refractivity contribution in [3.05, 3.63) is 29.1 Å². The highest BCUT2D eigenvalue weighted by atomic mass is 19.1. The number of carboxylic acid groups (broad SMARTS) is 1. The quantitative estimate of drug-likeness (QED) is 0.655. The molecule has 0 radical (unpaired) electrons. The highest BCUT2D eigenvalue weighted by molar-refractivity contribution is 5.99. The van der Waals surface area contributed by atoms with Gasteiger partial charge in [-0.15, -0.1) is 0 Å². The number of nitrogens with zero attached hydrogens (tertiary/aromatic N) is 1. The summed E-state index contributed by atoms with van der Waals surface area (Å²) in [7, 11) is 0. The molecule has 0 spiro atoms. The second-order valence-electron chi connectivity index (χ2n) is 11.5. The van der Waals surface area contributed by atoms with Crippen LogP contribution >= 0.6 is 0 Å². The Morgan fingerprint density at radius 2 is 1.70 bits per heavy atom. The molecule has 5 aliphatic carbocycles. The van der Waals surface area contributed by atoms with E-state index in [-0.39, 0.29) is 29.9 Å². The van der Waals surface area contributed by atoms with Crippen LogP contribution in [0.5, 0.6) is 5.75 Å². The Balaban J connectivity index is 1.24. The first-order chi connectivity index (χ1) is 15.8. The number of likely N-dealkylation sites (tertiary alicyclic amines) is 1. The van der Waals surface area contributed by atoms with E-state index in [0.717, 1.165) is 35.5 Å². The number of hydrogen-bond donors (Lipinski definition) is 1. The van der Waals surface area contributed by atoms with Crippen molar-refractivity contribution in [1.29, 1.82) is 0 Å². The zero-order valence-electron chi connectivity index (χ0n) is 18.8. The third-order valence-electron chi connectivity index (χ3n) is 8.83. The van der Waals surface area contributed by atoms with E-state index in [9.17, 15) is 19.1 Å². The fraction of sp³-hybridized carbons (Fsp3) is 0.692. The van der Waals surface area contributed by atoms with Crippen LogP contribution in [0.3, 0.4) is 0 Å². The predicted octanol–water partition coefficient (Wildman–Crippen LogP) is 4.94. The zero-order chi connectivity index (χ0) is 22.9. The number of halogens is 2. The summed E-state index contributed by atoms with van der Waals surface area (Å²) in [4.78, 5) is 25.7. The van der Waals surface area contributed by atoms with Gasteiger partial charge in [0.05, 0.1) is 18.7 Å². The van der Waals surface area contributed by atoms with E-state index in [4.69, 9.17) is 4.74 Å². The van der Waals surface area contributed by atoms with E-state index in [1.165, 1.54) is 44.6 Å². The lowest BCUT2D eigenvalue weighted by atomic mass is 9.50. The molecular formula is C26H31F2NO4. The SMILES string of the molecule is O=C(O)[C@@H]1C[C@@H](F)CN1C(=O)c1c(F)cc(OCC23CC4CC(CC(C4)C2)C3)cc1C1CC1. The summed E-state index contributed by atoms with van der Waals surface area (Å²) < 4.78 is 35.5. The van der Waals surface area contributed by atoms with Crippen LogP contribution in [0.2, 0.25) is 0 Å². The average molecular weight is 460 g/mol. The lowest BCUT2D eigenvalue weighted by Crippen LogP contribution is -2.48. The number of amides is 1. The second-order valence-corrected chi connectivity index (χ2v) is 11.5. The van der Waals surface area contributed by atoms with Crippen LogP contribution < -0.4 is 4.74 Å². The molecule has 178 valence electrons. The van der Waals surface area contributed by atoms with Crippen molar-refractivity contribution in [2.45, 2.75) is 75.9 Å². The van der Waals surface area contributed by atoms with Gasteiger partial charge in [-0.3, -0.25) is 4.79 Å². The summed E-state index contributed by atoms with van der Waals surface area (Å²) in [6.45, 7) is 0.272. The van der Waals surface area contributed by atoms with Gasteiger partial charge in [-0.2, -0.15) is 0 Å². The number of carbonyl (C=O) groups is 2. The van der Waals surface area contributed by atoms with Gasteiger partial charge in [-0.05, 0) is 86.7 Å². The number of carbonyl (C=O) groups excluding carboxylic acids is 1. The number of rotatable bonds is 6. The smallest absolute Gasteiger partial charge is 0.326 e. The van der Waals surface area contributed by atoms with E-state index in [2.05, 4.69) is 0 Å². The molecule has 2 atom stereocenters. The number of alkyl halides is 1. The molecule has 0 unspecified atom stereocenters. The molecule has 0 aromatic heterocycles. The first-order valence-corrected chi connectivity index (χ1v) is 12.4. The van der Waals surface area contributed by atoms with Crippen LogP contribution in [-0.2, 0) is 4.79 Å². The molecular weight excluding hydrogens is 428 g/mol. The Kier molecular flexibility index (Phi) is 4.97. The van der Waals surface area contributed by atoms with Crippen LogP contribution in [0, 0.1) is 29.0 Å². The van der Waals surface area contributed by atoms with Crippen molar-refractivity contribution >= 4 is 11.9 Å². The summed E-state index contributed by atoms with van der Waals surface area (Å²) in [6, 6.07) is 1.78. The van der Waals surface area contributed by atoms with E-state index >= 15 is 4.39 Å². The minimum absolute atomic E-state index is 0.0635. The number of ether oxygens (including phenoxy) is 1. The lowest BCUT2D eigenvalue weighted by molar-refractivity contribution is -0.141. The Morgan fingerprint density at radius 1 is 1.06 bits per heavy atom. The zero-order valence-corrected chi connectivity index (χ0v) is 18.8. The lowest BCUT2D eigenvalue weighted by Gasteiger charge is -2.56. The molecule has 7 rings (SSSR count). The molecule has 1 aromatic rings. The van der Waals surface area contributed by atoms with E-state index < -0.39 is 29.9 Å². The molecule has 33 heavy (non-hydrogen) atoms. The fourth-order valence-electron chi connectivity index (χ4n) is 7.72. The molecule has 7 heteroatoms. The van der Waals surface area contributed by atoms with Gasteiger partial charge in [-0.25, -0.2) is 13.6 Å². The van der Waals surface area contributed by atoms with Crippen LogP contribution in [0.15, 0.2) is 12.1 Å². The van der Waals surface area contributed by atoms with Gasteiger partial charge in [0.1, 0.15) is 23.8 Å². The van der Waals surface area contributed by atoms with Gasteiger partial charge in [0.2, 0.25) is 0 Å². The number of carboxylic acids is 1. The molecule has 1 amide bonds. The number of aliphatic carboxylic acids is 1. The molecule has 1 aromatic carbocycles. The van der Waals surface area contributed by atoms with Gasteiger partial charge in [-0.1, -0.05) is 0 Å². The molecule has 4 bridgehead atoms. The van der Waals surface area contributed by atoms with E-state index in [1.807, 2.05) is 0 Å². The van der Waals surface area contributed by atoms with Crippen molar-refractivity contribution < 1.29 is 28.2 Å². The third-order valence-corrected chi connectivity index (χ3v) is 8.83. The van der Waals surface area contributed by atoms with Crippen LogP contribution in [0.4, 0.5) is 8.78 Å². The standard InChI is InChI=1S/C26H31F2NO4/c27-18-6-22(25(31)32)29(12-18)24(30)23-20(17-1-2-17)7-19(8-21(23)28)33-13-26-9-14-3-15(10-26)5-16(4-14)11-26/h7-8,14-18,22H,1-6,9-13H2,(H,31,32)/t14?,15?,16?,18-,22+,26?/m1/s1. The molecule has 1 heterocycles. The molecule has 6 fully saturated rings. The largest absolute Gasteiger partial charge is 0.493 e. The second kappa shape index (κ2) is 7.67. The van der Waals surface area contributed by atoms with Crippen molar-refractivity contribution in [2.24, 2.45) is 23.2 Å². The van der Waals surface area contributed by atoms with Crippen LogP contribution in [0.1, 0.15) is 79.6 Å². The highest BCUT2D eigenvalue weighted by Gasteiger charge is 2.51. The third kappa shape index (κ3) is 3.81. The van der Waals surface area contributed by atoms with Crippen LogP contribution in [-0.4, -0.2) is 47.2 Å². The predicted molar refractivity (Wildman–Crippen MR) is 116 cm³/mol. The topological polar surface area (TPSA) is 66.8 Å². The molecule has 5 nitrogen and oxygen atoms in total. The maximum absolute atomic E-state index is 15.3. The first kappa shape index (κ1) is 21.4. The van der Waals surface area contributed by atoms with Gasteiger partial charge < -0.3 is 14.7 Å². The highest BCUT2D eigenvalue weighted by Crippen LogP contribution is 2.60. The van der Waals surface area contributed by atoms with E-state index in [1.54, 1.807) is 6.07 Å². The normalized spacial score (nSPS) is 36.9. The Morgan fingerprint density at radius 3 is 2.27 bits per heavy atom. The van der Waals surface area contributed by atoms with Gasteiger partial charge in [0, 0.05) is 17.9 Å². The number of hydrogen-bond acceptors (Lipinski definition) is 3. The molecule has 5 saturated carbocycles. The molecule has 6 aliphatic rings. The summed E-state index contributed by atoms with van der Waals surface area (Å²) in [6.07, 6.45) is 7.69. The summed E-state index contributed by atoms with van der Waals surface area (Å²) >= 11 is 0. The summed E-state index contributed by atoms with van der Waals surface area (Å²) in [5.74, 6) is 0.245. The fourth-order valence-corrected chi connectivity index (χ4v) is 7.72. The van der Waals surface area contributed by atoms with E-state index in [0.29, 0.717) is 17.9 Å². The monoisotopic (exact) mass is 459 g/mol. The van der Waals surface area contributed by atoms with Crippen LogP contribution in [0.25, 0.3) is 0 Å². The maximum Gasteiger partial charge on any atom is 0.326 e. The van der Waals surface area contributed by atoms with Crippen molar-refractivity contribution in [3.8, 4) is 5.75 Å². The first-order valence-electron chi connectivity index (χ1n) is 12.4. The number of benzene rings is 1. The molecule has 1 saturated heterocycles. The maximum atomic E-state index is 15.3. The minimum atomic E-state index is -1.41. The molecule has 1 aliphatic heterocycles. The summed E-state index contributed by atoms with van der Waals surface area (Å²) in [5.41, 5.74) is 0.659. The minimum Gasteiger partial charge on any atom is -0.493 e. The average Bonchev–Trinajstić information content (AvgIpc) is 3.51. The van der Waals surface area contributed by atoms with Crippen molar-refractivity contribution in [2.75, 3.05) is 13.2 Å². The van der Waals surface area contributed by atoms with Gasteiger partial charge in [0.15, 0.2) is 0 Å². The van der Waals surface area contributed by atoms with Gasteiger partial charge >= 0.3 is 5.97 Å². The Bertz CT molecular complexity index is 955. The summed E-state index contributed by atoms with van der Waals surface area (Å²) in [5, 5.41) is 9.41. The Hall–Kier alpha value is -2.18. The van der Waals surface area contributed by atoms with Gasteiger partial charge in [0.25, 0.3) is 5.91 Å². The van der Waals surface area contributed by atoms with Crippen molar-refractivity contribution in [3.63, 3.8) is 0 Å². The Labute approximate surface area is 192 Å². The molecule has 1 N–H and O–H groups in total. The van der Waals surface area contributed by atoms with Crippen molar-refractivity contribution in [1.82, 2.24) is 4.90 Å².